The van der Waals surface area contributed by atoms with Gasteiger partial charge in [0.15, 0.2) is 10.8 Å². The number of thioether (sulfide) groups is 2. The molecule has 0 spiro atoms. The Balaban J connectivity index is 1.98. The van der Waals surface area contributed by atoms with Crippen molar-refractivity contribution >= 4 is 34.9 Å². The third kappa shape index (κ3) is 4.61. The van der Waals surface area contributed by atoms with E-state index in [2.05, 4.69) is 32.9 Å². The fraction of sp³-hybridized carbons (Fsp3) is 0.278. The molecule has 0 atom stereocenters. The van der Waals surface area contributed by atoms with Crippen LogP contribution in [0.2, 0.25) is 0 Å². The minimum atomic E-state index is 0.499. The van der Waals surface area contributed by atoms with Gasteiger partial charge in [-0.15, -0.1) is 11.3 Å². The SMILES string of the molecule is CCCCSCSc1nc(-c2nccs2)nc(-c2cccnc2)c1C#N. The Morgan fingerprint density at radius 3 is 2.88 bits per heavy atom. The molecule has 0 aliphatic heterocycles. The smallest absolute Gasteiger partial charge is 0.190 e. The molecule has 26 heavy (non-hydrogen) atoms. The number of rotatable bonds is 8. The van der Waals surface area contributed by atoms with Crippen LogP contribution in [0.15, 0.2) is 41.1 Å². The van der Waals surface area contributed by atoms with Crippen molar-refractivity contribution in [1.82, 2.24) is 19.9 Å². The summed E-state index contributed by atoms with van der Waals surface area (Å²) in [5, 5.41) is 13.9. The molecule has 0 radical (unpaired) electrons. The van der Waals surface area contributed by atoms with E-state index in [0.29, 0.717) is 22.1 Å². The van der Waals surface area contributed by atoms with Gasteiger partial charge in [0.25, 0.3) is 0 Å². The molecule has 3 heterocycles. The standard InChI is InChI=1S/C18H17N5S3/c1-2-3-8-24-12-26-17-14(10-19)15(13-5-4-6-20-11-13)22-16(23-17)18-21-7-9-25-18/h4-7,9,11H,2-3,8,12H2,1H3. The summed E-state index contributed by atoms with van der Waals surface area (Å²) in [7, 11) is 0. The van der Waals surface area contributed by atoms with Crippen molar-refractivity contribution < 1.29 is 0 Å². The summed E-state index contributed by atoms with van der Waals surface area (Å²) >= 11 is 4.94. The number of hydrogen-bond acceptors (Lipinski definition) is 8. The second-order valence-electron chi connectivity index (χ2n) is 5.29. The minimum Gasteiger partial charge on any atom is -0.264 e. The van der Waals surface area contributed by atoms with Gasteiger partial charge in [-0.3, -0.25) is 4.98 Å². The van der Waals surface area contributed by atoms with Gasteiger partial charge in [-0.05, 0) is 24.3 Å². The molecule has 3 aromatic rings. The maximum absolute atomic E-state index is 9.74. The maximum Gasteiger partial charge on any atom is 0.190 e. The van der Waals surface area contributed by atoms with Gasteiger partial charge >= 0.3 is 0 Å². The van der Waals surface area contributed by atoms with Crippen molar-refractivity contribution in [2.75, 3.05) is 10.8 Å². The largest absolute Gasteiger partial charge is 0.264 e. The lowest BCUT2D eigenvalue weighted by Gasteiger charge is -2.10. The third-order valence-corrected chi connectivity index (χ3v) is 6.52. The van der Waals surface area contributed by atoms with E-state index in [1.807, 2.05) is 29.3 Å². The summed E-state index contributed by atoms with van der Waals surface area (Å²) in [6.45, 7) is 2.19. The number of thiazole rings is 1. The molecule has 3 aromatic heterocycles. The van der Waals surface area contributed by atoms with Crippen LogP contribution in [0.3, 0.4) is 0 Å². The van der Waals surface area contributed by atoms with Crippen molar-refractivity contribution in [3.8, 4) is 28.2 Å². The molecule has 5 nitrogen and oxygen atoms in total. The van der Waals surface area contributed by atoms with Crippen molar-refractivity contribution in [3.63, 3.8) is 0 Å². The van der Waals surface area contributed by atoms with Gasteiger partial charge in [0.1, 0.15) is 16.7 Å². The van der Waals surface area contributed by atoms with E-state index in [1.165, 1.54) is 24.2 Å². The number of hydrogen-bond donors (Lipinski definition) is 0. The van der Waals surface area contributed by atoms with Gasteiger partial charge in [0.2, 0.25) is 0 Å². The van der Waals surface area contributed by atoms with Crippen LogP contribution in [0.25, 0.3) is 22.1 Å². The Kier molecular flexibility index (Phi) is 7.00. The van der Waals surface area contributed by atoms with Crippen LogP contribution in [-0.2, 0) is 0 Å². The predicted octanol–water partition coefficient (Wildman–Crippen LogP) is 5.12. The topological polar surface area (TPSA) is 75.3 Å². The van der Waals surface area contributed by atoms with E-state index in [4.69, 9.17) is 0 Å². The summed E-state index contributed by atoms with van der Waals surface area (Å²) in [6, 6.07) is 6.04. The fourth-order valence-electron chi connectivity index (χ4n) is 2.19. The molecular formula is C18H17N5S3. The molecule has 0 saturated heterocycles. The second kappa shape index (κ2) is 9.67. The Morgan fingerprint density at radius 1 is 1.27 bits per heavy atom. The monoisotopic (exact) mass is 399 g/mol. The van der Waals surface area contributed by atoms with Gasteiger partial charge < -0.3 is 0 Å². The number of pyridine rings is 1. The van der Waals surface area contributed by atoms with Crippen LogP contribution in [0.4, 0.5) is 0 Å². The molecule has 0 fully saturated rings. The highest BCUT2D eigenvalue weighted by Gasteiger charge is 2.18. The summed E-state index contributed by atoms with van der Waals surface area (Å²) < 4.78 is 0. The molecule has 8 heteroatoms. The Morgan fingerprint density at radius 2 is 2.19 bits per heavy atom. The highest BCUT2D eigenvalue weighted by atomic mass is 32.2. The lowest BCUT2D eigenvalue weighted by Crippen LogP contribution is -2.00. The van der Waals surface area contributed by atoms with Crippen LogP contribution >= 0.6 is 34.9 Å². The van der Waals surface area contributed by atoms with Crippen LogP contribution in [-0.4, -0.2) is 30.8 Å². The van der Waals surface area contributed by atoms with Gasteiger partial charge in [-0.2, -0.15) is 17.0 Å². The number of nitriles is 1. The Bertz CT molecular complexity index is 876. The Hall–Kier alpha value is -1.95. The first-order valence-corrected chi connectivity index (χ1v) is 11.2. The van der Waals surface area contributed by atoms with Gasteiger partial charge in [-0.25, -0.2) is 15.0 Å². The van der Waals surface area contributed by atoms with Gasteiger partial charge in [-0.1, -0.05) is 25.1 Å². The molecule has 0 N–H and O–H groups in total. The van der Waals surface area contributed by atoms with E-state index >= 15 is 0 Å². The van der Waals surface area contributed by atoms with Crippen molar-refractivity contribution in [2.45, 2.75) is 24.8 Å². The van der Waals surface area contributed by atoms with Crippen LogP contribution in [0, 0.1) is 11.3 Å². The normalized spacial score (nSPS) is 10.6. The lowest BCUT2D eigenvalue weighted by atomic mass is 10.1. The quantitative estimate of drug-likeness (QED) is 0.225. The minimum absolute atomic E-state index is 0.499. The number of aromatic nitrogens is 4. The van der Waals surface area contributed by atoms with Crippen LogP contribution in [0.5, 0.6) is 0 Å². The Labute approximate surface area is 165 Å². The average Bonchev–Trinajstić information content (AvgIpc) is 3.22. The van der Waals surface area contributed by atoms with E-state index in [0.717, 1.165) is 21.4 Å². The summed E-state index contributed by atoms with van der Waals surface area (Å²) in [4.78, 5) is 17.7. The molecule has 3 rings (SSSR count). The lowest BCUT2D eigenvalue weighted by molar-refractivity contribution is 0.897. The molecule has 0 aliphatic carbocycles. The zero-order valence-corrected chi connectivity index (χ0v) is 16.7. The fourth-order valence-corrected chi connectivity index (χ4v) is 4.94. The third-order valence-electron chi connectivity index (χ3n) is 3.47. The van der Waals surface area contributed by atoms with E-state index in [-0.39, 0.29) is 0 Å². The molecule has 0 unspecified atom stereocenters. The first-order valence-electron chi connectivity index (χ1n) is 8.16. The van der Waals surface area contributed by atoms with Crippen molar-refractivity contribution in [1.29, 1.82) is 5.26 Å². The first-order chi connectivity index (χ1) is 12.8. The van der Waals surface area contributed by atoms with Crippen LogP contribution < -0.4 is 0 Å². The van der Waals surface area contributed by atoms with Crippen LogP contribution in [0.1, 0.15) is 25.3 Å². The molecule has 132 valence electrons. The molecule has 0 bridgehead atoms. The van der Waals surface area contributed by atoms with E-state index in [1.54, 1.807) is 30.4 Å². The van der Waals surface area contributed by atoms with Crippen molar-refractivity contribution in [2.24, 2.45) is 0 Å². The zero-order valence-electron chi connectivity index (χ0n) is 14.3. The predicted molar refractivity (Wildman–Crippen MR) is 109 cm³/mol. The summed E-state index contributed by atoms with van der Waals surface area (Å²) in [5.41, 5.74) is 1.92. The van der Waals surface area contributed by atoms with Gasteiger partial charge in [0, 0.05) is 34.6 Å². The summed E-state index contributed by atoms with van der Waals surface area (Å²) in [6.07, 6.45) is 7.55. The molecule has 0 saturated carbocycles. The molecule has 0 amide bonds. The molecular weight excluding hydrogens is 382 g/mol. The van der Waals surface area contributed by atoms with Gasteiger partial charge in [0.05, 0.1) is 5.69 Å². The van der Waals surface area contributed by atoms with Crippen molar-refractivity contribution in [3.05, 3.63) is 41.7 Å². The number of unbranched alkanes of at least 4 members (excludes halogenated alkanes) is 1. The van der Waals surface area contributed by atoms with E-state index in [9.17, 15) is 5.26 Å². The number of nitrogens with zero attached hydrogens (tertiary/aromatic N) is 5. The summed E-state index contributed by atoms with van der Waals surface area (Å²) in [5.74, 6) is 1.67. The molecule has 0 aromatic carbocycles. The average molecular weight is 400 g/mol. The zero-order chi connectivity index (χ0) is 18.2. The second-order valence-corrected chi connectivity index (χ2v) is 8.62. The van der Waals surface area contributed by atoms with E-state index < -0.39 is 0 Å². The maximum atomic E-state index is 9.74. The highest BCUT2D eigenvalue weighted by Crippen LogP contribution is 2.33. The molecule has 0 aliphatic rings. The highest BCUT2D eigenvalue weighted by molar-refractivity contribution is 8.15. The first kappa shape index (κ1) is 18.8.